The van der Waals surface area contributed by atoms with Crippen LogP contribution in [0.25, 0.3) is 28.0 Å². The molecule has 0 bridgehead atoms. The fraction of sp³-hybridized carbons (Fsp3) is 0.564. The topological polar surface area (TPSA) is 91.2 Å². The third-order valence-corrected chi connectivity index (χ3v) is 21.6. The van der Waals surface area contributed by atoms with Crippen LogP contribution >= 0.6 is 0 Å². The number of pyridine rings is 2. The highest BCUT2D eigenvalue weighted by Crippen LogP contribution is 2.45. The van der Waals surface area contributed by atoms with E-state index in [4.69, 9.17) is 23.9 Å². The molecule has 3 heterocycles. The van der Waals surface area contributed by atoms with Gasteiger partial charge in [0.1, 0.15) is 0 Å². The highest BCUT2D eigenvalue weighted by Gasteiger charge is 2.45. The second-order valence-corrected chi connectivity index (χ2v) is 29.6. The molecule has 1 fully saturated rings. The minimum atomic E-state index is -1.91. The van der Waals surface area contributed by atoms with Gasteiger partial charge in [-0.05, 0) is 106 Å². The molecule has 0 radical (unpaired) electrons. The summed E-state index contributed by atoms with van der Waals surface area (Å²) in [5.41, 5.74) is 4.60. The van der Waals surface area contributed by atoms with Crippen molar-refractivity contribution in [3.8, 4) is 17.1 Å². The Kier molecular flexibility index (Phi) is 10.9. The van der Waals surface area contributed by atoms with E-state index in [1.807, 2.05) is 55.9 Å². The number of fused-ring (bicyclic) bond motifs is 1. The second kappa shape index (κ2) is 14.1. The first kappa shape index (κ1) is 38.7. The Labute approximate surface area is 305 Å². The molecule has 0 aliphatic heterocycles. The van der Waals surface area contributed by atoms with Gasteiger partial charge in [0.25, 0.3) is 0 Å². The molecule has 5 rings (SSSR count). The van der Waals surface area contributed by atoms with Gasteiger partial charge >= 0.3 is 0 Å². The van der Waals surface area contributed by atoms with Crippen LogP contribution < -0.4 is 4.72 Å². The van der Waals surface area contributed by atoms with Gasteiger partial charge in [-0.25, -0.2) is 18.6 Å². The predicted molar refractivity (Wildman–Crippen MR) is 213 cm³/mol. The van der Waals surface area contributed by atoms with Gasteiger partial charge < -0.3 is 8.85 Å². The SMILES string of the molecule is CC(C)(C)[S@@](=O)N[C@H](c1cccc(-c2ccc3cnn(-c4cccc(CO[Si](C)(C)C(C)(C)C)n4)c3c2)n1)C1CC(O[Si](C)(C)C(C)(C)C)C1. The molecular weight excluding hydrogens is 675 g/mol. The van der Waals surface area contributed by atoms with Gasteiger partial charge in [-0.1, -0.05) is 65.8 Å². The lowest BCUT2D eigenvalue weighted by Gasteiger charge is -2.47. The number of benzene rings is 1. The molecule has 1 saturated carbocycles. The van der Waals surface area contributed by atoms with Crippen molar-refractivity contribution in [2.45, 2.75) is 135 Å². The lowest BCUT2D eigenvalue weighted by atomic mass is 9.76. The molecule has 0 unspecified atom stereocenters. The van der Waals surface area contributed by atoms with Crippen molar-refractivity contribution in [1.29, 1.82) is 0 Å². The number of rotatable bonds is 11. The molecule has 50 heavy (non-hydrogen) atoms. The number of hydrogen-bond acceptors (Lipinski definition) is 6. The van der Waals surface area contributed by atoms with Gasteiger partial charge in [0, 0.05) is 17.1 Å². The maximum Gasteiger partial charge on any atom is 0.192 e. The lowest BCUT2D eigenvalue weighted by Crippen LogP contribution is -2.50. The van der Waals surface area contributed by atoms with E-state index in [1.165, 1.54) is 0 Å². The van der Waals surface area contributed by atoms with Crippen molar-refractivity contribution in [3.63, 3.8) is 0 Å². The van der Waals surface area contributed by atoms with Crippen molar-refractivity contribution in [2.24, 2.45) is 5.92 Å². The summed E-state index contributed by atoms with van der Waals surface area (Å²) >= 11 is 0. The van der Waals surface area contributed by atoms with E-state index < -0.39 is 32.4 Å². The summed E-state index contributed by atoms with van der Waals surface area (Å²) in [4.78, 5) is 10.2. The fourth-order valence-corrected chi connectivity index (χ4v) is 8.76. The number of nitrogens with one attached hydrogen (secondary N) is 1. The zero-order valence-corrected chi connectivity index (χ0v) is 35.4. The quantitative estimate of drug-likeness (QED) is 0.154. The molecule has 1 aliphatic rings. The second-order valence-electron chi connectivity index (χ2n) is 18.0. The van der Waals surface area contributed by atoms with E-state index in [-0.39, 0.29) is 28.1 Å². The van der Waals surface area contributed by atoms with Gasteiger partial charge in [0.05, 0.1) is 57.2 Å². The number of hydrogen-bond donors (Lipinski definition) is 1. The minimum absolute atomic E-state index is 0.129. The zero-order valence-electron chi connectivity index (χ0n) is 32.5. The van der Waals surface area contributed by atoms with Crippen LogP contribution in [0, 0.1) is 5.92 Å². The molecule has 3 aromatic heterocycles. The molecule has 1 N–H and O–H groups in total. The molecule has 0 amide bonds. The molecule has 0 saturated heterocycles. The summed E-state index contributed by atoms with van der Waals surface area (Å²) in [5.74, 6) is 1.03. The van der Waals surface area contributed by atoms with Gasteiger partial charge in [-0.3, -0.25) is 4.98 Å². The first-order chi connectivity index (χ1) is 23.1. The summed E-state index contributed by atoms with van der Waals surface area (Å²) < 4.78 is 31.7. The van der Waals surface area contributed by atoms with Crippen LogP contribution in [0.5, 0.6) is 0 Å². The van der Waals surface area contributed by atoms with Gasteiger partial charge in [-0.2, -0.15) is 5.10 Å². The molecule has 11 heteroatoms. The van der Waals surface area contributed by atoms with Gasteiger partial charge in [0.2, 0.25) is 0 Å². The Bertz CT molecular complexity index is 1830. The normalized spacial score (nSPS) is 19.0. The van der Waals surface area contributed by atoms with Crippen LogP contribution in [-0.2, 0) is 26.4 Å². The van der Waals surface area contributed by atoms with Crippen molar-refractivity contribution >= 4 is 38.5 Å². The average molecular weight is 734 g/mol. The molecule has 4 aromatic rings. The molecule has 1 aromatic carbocycles. The summed E-state index contributed by atoms with van der Waals surface area (Å²) in [6.07, 6.45) is 3.96. The Morgan fingerprint density at radius 3 is 2.18 bits per heavy atom. The predicted octanol–water partition coefficient (Wildman–Crippen LogP) is 9.90. The summed E-state index contributed by atoms with van der Waals surface area (Å²) in [6, 6.07) is 18.4. The first-order valence-electron chi connectivity index (χ1n) is 18.0. The molecular formula is C39H59N5O3SSi2. The smallest absolute Gasteiger partial charge is 0.192 e. The largest absolute Gasteiger partial charge is 0.414 e. The molecule has 1 aliphatic carbocycles. The van der Waals surface area contributed by atoms with E-state index in [1.54, 1.807) is 0 Å². The highest BCUT2D eigenvalue weighted by atomic mass is 32.2. The monoisotopic (exact) mass is 733 g/mol. The van der Waals surface area contributed by atoms with Crippen molar-refractivity contribution in [2.75, 3.05) is 0 Å². The maximum absolute atomic E-state index is 13.5. The van der Waals surface area contributed by atoms with E-state index in [0.717, 1.165) is 52.2 Å². The average Bonchev–Trinajstić information content (AvgIpc) is 3.43. The highest BCUT2D eigenvalue weighted by molar-refractivity contribution is 7.84. The van der Waals surface area contributed by atoms with Crippen LogP contribution in [0.3, 0.4) is 0 Å². The Morgan fingerprint density at radius 1 is 0.880 bits per heavy atom. The standard InChI is InChI=1S/C39H59N5O3SSi2/c1-37(2,3)48(45)43-36(29-22-31(23-29)47-50(12,13)39(7,8)9)33-18-15-17-32(42-33)27-20-21-28-25-40-44(34(28)24-27)35-19-14-16-30(41-35)26-46-49(10,11)38(4,5)6/h14-21,24-25,29,31,36,43H,22-23,26H2,1-13H3/t29?,31?,36-,48+/m0/s1. The Morgan fingerprint density at radius 2 is 1.54 bits per heavy atom. The van der Waals surface area contributed by atoms with E-state index in [2.05, 4.69) is 103 Å². The van der Waals surface area contributed by atoms with Crippen molar-refractivity contribution < 1.29 is 13.1 Å². The molecule has 0 spiro atoms. The van der Waals surface area contributed by atoms with Crippen LogP contribution in [0.1, 0.15) is 92.6 Å². The molecule has 2 atom stereocenters. The Balaban J connectivity index is 1.41. The fourth-order valence-electron chi connectivity index (χ4n) is 5.54. The zero-order chi connectivity index (χ0) is 36.9. The molecule has 272 valence electrons. The first-order valence-corrected chi connectivity index (χ1v) is 24.9. The summed E-state index contributed by atoms with van der Waals surface area (Å²) in [6.45, 7) is 29.2. The Hall–Kier alpha value is -2.55. The van der Waals surface area contributed by atoms with Crippen LogP contribution in [-0.4, -0.2) is 51.4 Å². The van der Waals surface area contributed by atoms with Crippen LogP contribution in [0.2, 0.25) is 36.3 Å². The van der Waals surface area contributed by atoms with Crippen molar-refractivity contribution in [1.82, 2.24) is 24.5 Å². The van der Waals surface area contributed by atoms with E-state index in [0.29, 0.717) is 6.61 Å². The summed E-state index contributed by atoms with van der Waals surface area (Å²) in [7, 11) is -5.04. The van der Waals surface area contributed by atoms with Crippen molar-refractivity contribution in [3.05, 3.63) is 72.2 Å². The maximum atomic E-state index is 13.5. The number of aromatic nitrogens is 4. The van der Waals surface area contributed by atoms with Gasteiger partial charge in [-0.15, -0.1) is 0 Å². The van der Waals surface area contributed by atoms with Gasteiger partial charge in [0.15, 0.2) is 22.5 Å². The minimum Gasteiger partial charge on any atom is -0.414 e. The third-order valence-electron chi connectivity index (χ3n) is 11.0. The lowest BCUT2D eigenvalue weighted by molar-refractivity contribution is 0.0368. The van der Waals surface area contributed by atoms with E-state index in [9.17, 15) is 4.21 Å². The molecule has 8 nitrogen and oxygen atoms in total. The van der Waals surface area contributed by atoms with Crippen LogP contribution in [0.4, 0.5) is 0 Å². The van der Waals surface area contributed by atoms with E-state index >= 15 is 0 Å². The van der Waals surface area contributed by atoms with Crippen LogP contribution in [0.15, 0.2) is 60.8 Å². The summed E-state index contributed by atoms with van der Waals surface area (Å²) in [5, 5.41) is 6.04. The third kappa shape index (κ3) is 8.56. The number of nitrogens with zero attached hydrogens (tertiary/aromatic N) is 4.